The van der Waals surface area contributed by atoms with Crippen LogP contribution in [0.25, 0.3) is 0 Å². The summed E-state index contributed by atoms with van der Waals surface area (Å²) in [7, 11) is 2.15. The minimum atomic E-state index is -0.344. The first-order valence-corrected chi connectivity index (χ1v) is 6.42. The summed E-state index contributed by atoms with van der Waals surface area (Å²) in [4.78, 5) is 2.33. The van der Waals surface area contributed by atoms with Crippen molar-refractivity contribution in [2.24, 2.45) is 0 Å². The van der Waals surface area contributed by atoms with Crippen LogP contribution in [0.1, 0.15) is 46.5 Å². The molecule has 0 aliphatic rings. The second-order valence-electron chi connectivity index (χ2n) is 4.78. The molecule has 16 heavy (non-hydrogen) atoms. The van der Waals surface area contributed by atoms with Crippen molar-refractivity contribution < 1.29 is 0 Å². The molecule has 0 aromatic heterocycles. The van der Waals surface area contributed by atoms with Crippen LogP contribution in [0.15, 0.2) is 0 Å². The van der Waals surface area contributed by atoms with Gasteiger partial charge in [0, 0.05) is 0 Å². The van der Waals surface area contributed by atoms with Gasteiger partial charge in [-0.1, -0.05) is 13.8 Å². The van der Waals surface area contributed by atoms with Crippen molar-refractivity contribution in [2.75, 3.05) is 26.7 Å². The van der Waals surface area contributed by atoms with Crippen molar-refractivity contribution in [3.8, 4) is 6.07 Å². The van der Waals surface area contributed by atoms with Crippen molar-refractivity contribution in [1.29, 1.82) is 5.26 Å². The van der Waals surface area contributed by atoms with Crippen LogP contribution < -0.4 is 5.32 Å². The van der Waals surface area contributed by atoms with Gasteiger partial charge in [-0.15, -0.1) is 0 Å². The van der Waals surface area contributed by atoms with E-state index in [0.717, 1.165) is 38.9 Å². The lowest BCUT2D eigenvalue weighted by Gasteiger charge is -2.24. The van der Waals surface area contributed by atoms with E-state index in [9.17, 15) is 0 Å². The Morgan fingerprint density at radius 1 is 1.25 bits per heavy atom. The Labute approximate surface area is 101 Å². The normalized spacial score (nSPS) is 14.8. The maximum absolute atomic E-state index is 9.15. The van der Waals surface area contributed by atoms with Crippen LogP contribution in [0.3, 0.4) is 0 Å². The van der Waals surface area contributed by atoms with Gasteiger partial charge in [-0.2, -0.15) is 5.26 Å². The van der Waals surface area contributed by atoms with Gasteiger partial charge in [0.25, 0.3) is 0 Å². The topological polar surface area (TPSA) is 39.1 Å². The van der Waals surface area contributed by atoms with Crippen LogP contribution in [0.5, 0.6) is 0 Å². The highest BCUT2D eigenvalue weighted by Crippen LogP contribution is 2.11. The fraction of sp³-hybridized carbons (Fsp3) is 0.923. The van der Waals surface area contributed by atoms with Gasteiger partial charge in [-0.05, 0) is 59.3 Å². The first kappa shape index (κ1) is 15.4. The Hall–Kier alpha value is -0.590. The molecule has 0 heterocycles. The van der Waals surface area contributed by atoms with Crippen LogP contribution >= 0.6 is 0 Å². The molecule has 0 saturated heterocycles. The molecular formula is C13H27N3. The minimum absolute atomic E-state index is 0.344. The molecule has 0 aromatic carbocycles. The molecule has 94 valence electrons. The van der Waals surface area contributed by atoms with Gasteiger partial charge in [-0.3, -0.25) is 5.32 Å². The van der Waals surface area contributed by atoms with Crippen molar-refractivity contribution in [3.63, 3.8) is 0 Å². The van der Waals surface area contributed by atoms with E-state index >= 15 is 0 Å². The quantitative estimate of drug-likeness (QED) is 0.655. The van der Waals surface area contributed by atoms with Crippen LogP contribution in [-0.2, 0) is 0 Å². The standard InChI is InChI=1S/C13H27N3/c1-5-9-15-13(3,12-14)8-7-11-16(4)10-6-2/h15H,5-11H2,1-4H3. The van der Waals surface area contributed by atoms with Crippen LogP contribution in [0.2, 0.25) is 0 Å². The van der Waals surface area contributed by atoms with E-state index in [1.165, 1.54) is 6.42 Å². The zero-order valence-electron chi connectivity index (χ0n) is 11.3. The molecule has 1 atom stereocenters. The molecule has 0 radical (unpaired) electrons. The summed E-state index contributed by atoms with van der Waals surface area (Å²) in [5.41, 5.74) is -0.344. The summed E-state index contributed by atoms with van der Waals surface area (Å²) >= 11 is 0. The summed E-state index contributed by atoms with van der Waals surface area (Å²) in [6.45, 7) is 9.47. The Morgan fingerprint density at radius 3 is 2.44 bits per heavy atom. The van der Waals surface area contributed by atoms with Crippen molar-refractivity contribution in [3.05, 3.63) is 0 Å². The molecule has 0 spiro atoms. The van der Waals surface area contributed by atoms with E-state index in [2.05, 4.69) is 37.2 Å². The molecule has 1 N–H and O–H groups in total. The van der Waals surface area contributed by atoms with Crippen molar-refractivity contribution in [2.45, 2.75) is 52.0 Å². The molecule has 0 amide bonds. The zero-order chi connectivity index (χ0) is 12.4. The number of nitriles is 1. The summed E-state index contributed by atoms with van der Waals surface area (Å²) < 4.78 is 0. The lowest BCUT2D eigenvalue weighted by molar-refractivity contribution is 0.305. The highest BCUT2D eigenvalue weighted by molar-refractivity contribution is 5.03. The Kier molecular flexibility index (Phi) is 8.23. The summed E-state index contributed by atoms with van der Waals surface area (Å²) in [5, 5.41) is 12.5. The smallest absolute Gasteiger partial charge is 0.103 e. The van der Waals surface area contributed by atoms with Gasteiger partial charge in [0.05, 0.1) is 6.07 Å². The molecule has 3 heteroatoms. The molecule has 0 rings (SSSR count). The highest BCUT2D eigenvalue weighted by atomic mass is 15.1. The van der Waals surface area contributed by atoms with E-state index in [1.54, 1.807) is 0 Å². The average molecular weight is 225 g/mol. The Bertz CT molecular complexity index is 210. The number of hydrogen-bond acceptors (Lipinski definition) is 3. The predicted molar refractivity (Wildman–Crippen MR) is 69.3 cm³/mol. The SMILES string of the molecule is CCCNC(C)(C#N)CCCN(C)CCC. The van der Waals surface area contributed by atoms with Crippen LogP contribution in [-0.4, -0.2) is 37.1 Å². The third-order valence-corrected chi connectivity index (χ3v) is 2.83. The van der Waals surface area contributed by atoms with E-state index in [4.69, 9.17) is 5.26 Å². The third kappa shape index (κ3) is 6.81. The van der Waals surface area contributed by atoms with E-state index < -0.39 is 0 Å². The molecular weight excluding hydrogens is 198 g/mol. The largest absolute Gasteiger partial charge is 0.306 e. The van der Waals surface area contributed by atoms with Gasteiger partial charge >= 0.3 is 0 Å². The molecule has 0 fully saturated rings. The number of hydrogen-bond donors (Lipinski definition) is 1. The van der Waals surface area contributed by atoms with Gasteiger partial charge in [0.1, 0.15) is 5.54 Å². The molecule has 0 bridgehead atoms. The predicted octanol–water partition coefficient (Wildman–Crippen LogP) is 2.39. The van der Waals surface area contributed by atoms with Gasteiger partial charge in [-0.25, -0.2) is 0 Å². The maximum atomic E-state index is 9.15. The minimum Gasteiger partial charge on any atom is -0.306 e. The van der Waals surface area contributed by atoms with Crippen LogP contribution in [0, 0.1) is 11.3 Å². The average Bonchev–Trinajstić information content (AvgIpc) is 2.27. The van der Waals surface area contributed by atoms with Crippen LogP contribution in [0.4, 0.5) is 0 Å². The summed E-state index contributed by atoms with van der Waals surface area (Å²) in [5.74, 6) is 0. The van der Waals surface area contributed by atoms with E-state index in [-0.39, 0.29) is 5.54 Å². The lowest BCUT2D eigenvalue weighted by atomic mass is 9.97. The van der Waals surface area contributed by atoms with Crippen molar-refractivity contribution in [1.82, 2.24) is 10.2 Å². The number of nitrogens with zero attached hydrogens (tertiary/aromatic N) is 2. The third-order valence-electron chi connectivity index (χ3n) is 2.83. The first-order valence-electron chi connectivity index (χ1n) is 6.42. The molecule has 0 saturated carbocycles. The second-order valence-corrected chi connectivity index (χ2v) is 4.78. The first-order chi connectivity index (χ1) is 7.58. The van der Waals surface area contributed by atoms with E-state index in [0.29, 0.717) is 0 Å². The van der Waals surface area contributed by atoms with E-state index in [1.807, 2.05) is 6.92 Å². The maximum Gasteiger partial charge on any atom is 0.103 e. The van der Waals surface area contributed by atoms with Gasteiger partial charge in [0.15, 0.2) is 0 Å². The summed E-state index contributed by atoms with van der Waals surface area (Å²) in [6, 6.07) is 2.39. The second kappa shape index (κ2) is 8.55. The fourth-order valence-corrected chi connectivity index (χ4v) is 1.78. The summed E-state index contributed by atoms with van der Waals surface area (Å²) in [6.07, 6.45) is 4.28. The molecule has 1 unspecified atom stereocenters. The molecule has 0 aliphatic heterocycles. The molecule has 0 aliphatic carbocycles. The zero-order valence-corrected chi connectivity index (χ0v) is 11.3. The number of nitrogens with one attached hydrogen (secondary N) is 1. The van der Waals surface area contributed by atoms with Gasteiger partial charge in [0.2, 0.25) is 0 Å². The Balaban J connectivity index is 3.82. The number of rotatable bonds is 9. The van der Waals surface area contributed by atoms with Crippen molar-refractivity contribution >= 4 is 0 Å². The lowest BCUT2D eigenvalue weighted by Crippen LogP contribution is -2.41. The Morgan fingerprint density at radius 2 is 1.94 bits per heavy atom. The fourth-order valence-electron chi connectivity index (χ4n) is 1.78. The monoisotopic (exact) mass is 225 g/mol. The molecule has 0 aromatic rings. The van der Waals surface area contributed by atoms with Gasteiger partial charge < -0.3 is 4.90 Å². The molecule has 3 nitrogen and oxygen atoms in total. The highest BCUT2D eigenvalue weighted by Gasteiger charge is 2.21.